The van der Waals surface area contributed by atoms with E-state index < -0.39 is 5.60 Å². The van der Waals surface area contributed by atoms with Gasteiger partial charge in [-0.1, -0.05) is 6.92 Å². The van der Waals surface area contributed by atoms with Crippen LogP contribution in [-0.4, -0.2) is 52.8 Å². The first-order valence-electron chi connectivity index (χ1n) is 8.10. The molecule has 0 aliphatic carbocycles. The second kappa shape index (κ2) is 6.34. The summed E-state index contributed by atoms with van der Waals surface area (Å²) >= 11 is 0. The summed E-state index contributed by atoms with van der Waals surface area (Å²) in [6, 6.07) is 3.48. The number of rotatable bonds is 2. The predicted octanol–water partition coefficient (Wildman–Crippen LogP) is 1.72. The van der Waals surface area contributed by atoms with Gasteiger partial charge in [0.25, 0.3) is 5.91 Å². The highest BCUT2D eigenvalue weighted by Crippen LogP contribution is 2.39. The zero-order valence-corrected chi connectivity index (χ0v) is 13.1. The number of ether oxygens (including phenoxy) is 1. The quantitative estimate of drug-likeness (QED) is 0.903. The Morgan fingerprint density at radius 2 is 2.05 bits per heavy atom. The minimum absolute atomic E-state index is 0.0308. The maximum atomic E-state index is 12.5. The molecule has 1 aromatic heterocycles. The van der Waals surface area contributed by atoms with Gasteiger partial charge in [-0.3, -0.25) is 9.78 Å². The zero-order chi connectivity index (χ0) is 15.6. The third kappa shape index (κ3) is 2.88. The van der Waals surface area contributed by atoms with Gasteiger partial charge in [0.2, 0.25) is 0 Å². The minimum Gasteiger partial charge on any atom is -0.389 e. The monoisotopic (exact) mass is 304 g/mol. The van der Waals surface area contributed by atoms with E-state index in [1.807, 2.05) is 4.90 Å². The van der Waals surface area contributed by atoms with Gasteiger partial charge in [-0.2, -0.15) is 0 Å². The number of likely N-dealkylation sites (tertiary alicyclic amines) is 1. The molecule has 0 saturated carbocycles. The number of aromatic nitrogens is 1. The fraction of sp³-hybridized carbons (Fsp3) is 0.647. The smallest absolute Gasteiger partial charge is 0.253 e. The molecule has 0 aromatic carbocycles. The van der Waals surface area contributed by atoms with E-state index in [0.717, 1.165) is 26.1 Å². The largest absolute Gasteiger partial charge is 0.389 e. The average molecular weight is 304 g/mol. The normalized spacial score (nSPS) is 30.3. The molecular formula is C17H24N2O3. The summed E-state index contributed by atoms with van der Waals surface area (Å²) < 4.78 is 5.41. The molecule has 3 heterocycles. The Bertz CT molecular complexity index is 516. The van der Waals surface area contributed by atoms with Crippen LogP contribution in [0.25, 0.3) is 0 Å². The highest BCUT2D eigenvalue weighted by Gasteiger charge is 2.46. The first kappa shape index (κ1) is 15.4. The molecule has 0 spiro atoms. The highest BCUT2D eigenvalue weighted by molar-refractivity contribution is 5.94. The van der Waals surface area contributed by atoms with E-state index in [2.05, 4.69) is 11.9 Å². The number of hydrogen-bond acceptors (Lipinski definition) is 4. The zero-order valence-electron chi connectivity index (χ0n) is 13.1. The van der Waals surface area contributed by atoms with Gasteiger partial charge in [0.1, 0.15) is 0 Å². The van der Waals surface area contributed by atoms with Crippen LogP contribution >= 0.6 is 0 Å². The number of carbonyl (C=O) groups excluding carboxylic acids is 1. The standard InChI is InChI=1S/C17H24N2O3/c1-13-12-19(16(20)14-2-7-18-8-3-14)9-6-17(13,21)15-4-10-22-11-5-15/h2-3,7-8,13,15,21H,4-6,9-12H2,1H3/t13-,17+/m1/s1. The fourth-order valence-corrected chi connectivity index (χ4v) is 3.81. The Morgan fingerprint density at radius 3 is 2.68 bits per heavy atom. The van der Waals surface area contributed by atoms with Gasteiger partial charge in [0.15, 0.2) is 0 Å². The van der Waals surface area contributed by atoms with Gasteiger partial charge < -0.3 is 14.7 Å². The molecule has 1 N–H and O–H groups in total. The van der Waals surface area contributed by atoms with E-state index in [1.54, 1.807) is 24.5 Å². The molecule has 0 bridgehead atoms. The third-order valence-electron chi connectivity index (χ3n) is 5.27. The molecule has 5 heteroatoms. The van der Waals surface area contributed by atoms with Crippen molar-refractivity contribution in [3.8, 4) is 0 Å². The Kier molecular flexibility index (Phi) is 4.45. The van der Waals surface area contributed by atoms with E-state index in [4.69, 9.17) is 4.74 Å². The van der Waals surface area contributed by atoms with Crippen LogP contribution in [0.1, 0.15) is 36.5 Å². The van der Waals surface area contributed by atoms with Crippen LogP contribution in [0.15, 0.2) is 24.5 Å². The Balaban J connectivity index is 1.68. The van der Waals surface area contributed by atoms with Gasteiger partial charge in [-0.05, 0) is 37.3 Å². The molecule has 2 saturated heterocycles. The van der Waals surface area contributed by atoms with E-state index >= 15 is 0 Å². The number of pyridine rings is 1. The summed E-state index contributed by atoms with van der Waals surface area (Å²) in [6.07, 6.45) is 5.76. The SMILES string of the molecule is C[C@@H]1CN(C(=O)c2ccncc2)CC[C@@]1(O)C1CCOCC1. The molecule has 120 valence electrons. The van der Waals surface area contributed by atoms with Crippen molar-refractivity contribution >= 4 is 5.91 Å². The van der Waals surface area contributed by atoms with Crippen molar-refractivity contribution in [2.45, 2.75) is 31.8 Å². The molecule has 1 amide bonds. The molecule has 3 rings (SSSR count). The summed E-state index contributed by atoms with van der Waals surface area (Å²) in [5.41, 5.74) is -0.00239. The first-order chi connectivity index (χ1) is 10.6. The fourth-order valence-electron chi connectivity index (χ4n) is 3.81. The van der Waals surface area contributed by atoms with Gasteiger partial charge in [-0.15, -0.1) is 0 Å². The lowest BCUT2D eigenvalue weighted by Gasteiger charge is -2.48. The summed E-state index contributed by atoms with van der Waals surface area (Å²) in [5.74, 6) is 0.396. The average Bonchev–Trinajstić information content (AvgIpc) is 2.58. The first-order valence-corrected chi connectivity index (χ1v) is 8.10. The van der Waals surface area contributed by atoms with E-state index in [9.17, 15) is 9.90 Å². The predicted molar refractivity (Wildman–Crippen MR) is 82.4 cm³/mol. The van der Waals surface area contributed by atoms with Gasteiger partial charge in [-0.25, -0.2) is 0 Å². The summed E-state index contributed by atoms with van der Waals surface area (Å²) in [5, 5.41) is 11.1. The molecule has 0 radical (unpaired) electrons. The van der Waals surface area contributed by atoms with Crippen LogP contribution in [-0.2, 0) is 4.74 Å². The van der Waals surface area contributed by atoms with Crippen LogP contribution in [0.3, 0.4) is 0 Å². The Morgan fingerprint density at radius 1 is 1.36 bits per heavy atom. The van der Waals surface area contributed by atoms with E-state index in [0.29, 0.717) is 25.1 Å². The maximum Gasteiger partial charge on any atom is 0.253 e. The van der Waals surface area contributed by atoms with Gasteiger partial charge in [0.05, 0.1) is 5.60 Å². The second-order valence-corrected chi connectivity index (χ2v) is 6.52. The van der Waals surface area contributed by atoms with Crippen molar-refractivity contribution in [3.05, 3.63) is 30.1 Å². The molecule has 2 aliphatic rings. The highest BCUT2D eigenvalue weighted by atomic mass is 16.5. The summed E-state index contributed by atoms with van der Waals surface area (Å²) in [7, 11) is 0. The van der Waals surface area contributed by atoms with Gasteiger partial charge >= 0.3 is 0 Å². The molecule has 5 nitrogen and oxygen atoms in total. The van der Waals surface area contributed by atoms with Crippen molar-refractivity contribution in [2.75, 3.05) is 26.3 Å². The van der Waals surface area contributed by atoms with E-state index in [-0.39, 0.29) is 17.7 Å². The number of nitrogens with zero attached hydrogens (tertiary/aromatic N) is 2. The van der Waals surface area contributed by atoms with Crippen LogP contribution in [0.5, 0.6) is 0 Å². The molecule has 22 heavy (non-hydrogen) atoms. The Hall–Kier alpha value is -1.46. The lowest BCUT2D eigenvalue weighted by atomic mass is 9.70. The molecule has 0 unspecified atom stereocenters. The molecule has 2 fully saturated rings. The number of hydrogen-bond donors (Lipinski definition) is 1. The number of carbonyl (C=O) groups is 1. The van der Waals surface area contributed by atoms with Crippen molar-refractivity contribution < 1.29 is 14.6 Å². The van der Waals surface area contributed by atoms with Crippen LogP contribution < -0.4 is 0 Å². The summed E-state index contributed by atoms with van der Waals surface area (Å²) in [4.78, 5) is 18.3. The minimum atomic E-state index is -0.668. The van der Waals surface area contributed by atoms with Crippen molar-refractivity contribution in [1.82, 2.24) is 9.88 Å². The van der Waals surface area contributed by atoms with Crippen LogP contribution in [0.2, 0.25) is 0 Å². The van der Waals surface area contributed by atoms with Crippen molar-refractivity contribution in [1.29, 1.82) is 0 Å². The number of piperidine rings is 1. The maximum absolute atomic E-state index is 12.5. The molecule has 2 aliphatic heterocycles. The molecule has 2 atom stereocenters. The lowest BCUT2D eigenvalue weighted by molar-refractivity contribution is -0.125. The third-order valence-corrected chi connectivity index (χ3v) is 5.27. The van der Waals surface area contributed by atoms with Crippen molar-refractivity contribution in [3.63, 3.8) is 0 Å². The number of aliphatic hydroxyl groups is 1. The summed E-state index contributed by atoms with van der Waals surface area (Å²) in [6.45, 7) is 4.74. The van der Waals surface area contributed by atoms with Crippen LogP contribution in [0, 0.1) is 11.8 Å². The van der Waals surface area contributed by atoms with E-state index in [1.165, 1.54) is 0 Å². The second-order valence-electron chi connectivity index (χ2n) is 6.52. The topological polar surface area (TPSA) is 62.7 Å². The molecular weight excluding hydrogens is 280 g/mol. The van der Waals surface area contributed by atoms with Gasteiger partial charge in [0, 0.05) is 50.2 Å². The lowest BCUT2D eigenvalue weighted by Crippen LogP contribution is -2.56. The Labute approximate surface area is 131 Å². The van der Waals surface area contributed by atoms with Crippen molar-refractivity contribution in [2.24, 2.45) is 11.8 Å². The number of amides is 1. The molecule has 1 aromatic rings. The van der Waals surface area contributed by atoms with Crippen LogP contribution in [0.4, 0.5) is 0 Å².